The number of ether oxygens (including phenoxy) is 2. The van der Waals surface area contributed by atoms with Gasteiger partial charge in [-0.2, -0.15) is 5.26 Å². The molecular weight excluding hydrogens is 426 g/mol. The maximum Gasteiger partial charge on any atom is 0.330 e. The smallest absolute Gasteiger partial charge is 0.330 e. The SMILES string of the molecule is COCCn1c(NC(=O)COc2ccccc2C#N)c(NCc2ccccc2)c(=O)[nH]c1=O. The van der Waals surface area contributed by atoms with Gasteiger partial charge < -0.3 is 20.1 Å². The van der Waals surface area contributed by atoms with Crippen LogP contribution >= 0.6 is 0 Å². The van der Waals surface area contributed by atoms with Crippen LogP contribution in [0, 0.1) is 11.3 Å². The van der Waals surface area contributed by atoms with E-state index in [1.54, 1.807) is 24.3 Å². The number of amides is 1. The van der Waals surface area contributed by atoms with Crippen molar-refractivity contribution in [3.8, 4) is 11.8 Å². The molecule has 0 saturated heterocycles. The molecule has 10 heteroatoms. The molecule has 0 atom stereocenters. The average molecular weight is 449 g/mol. The van der Waals surface area contributed by atoms with E-state index in [0.29, 0.717) is 6.54 Å². The van der Waals surface area contributed by atoms with Crippen molar-refractivity contribution >= 4 is 17.4 Å². The summed E-state index contributed by atoms with van der Waals surface area (Å²) in [6.45, 7) is 0.141. The molecule has 0 spiro atoms. The lowest BCUT2D eigenvalue weighted by Crippen LogP contribution is -2.36. The normalized spacial score (nSPS) is 10.3. The average Bonchev–Trinajstić information content (AvgIpc) is 2.83. The minimum Gasteiger partial charge on any atom is -0.482 e. The number of nitrogens with one attached hydrogen (secondary N) is 3. The Morgan fingerprint density at radius 2 is 1.85 bits per heavy atom. The number of anilines is 2. The van der Waals surface area contributed by atoms with E-state index in [-0.39, 0.29) is 36.0 Å². The fraction of sp³-hybridized carbons (Fsp3) is 0.217. The van der Waals surface area contributed by atoms with Gasteiger partial charge >= 0.3 is 5.69 Å². The number of carbonyl (C=O) groups excluding carboxylic acids is 1. The van der Waals surface area contributed by atoms with Crippen molar-refractivity contribution in [1.29, 1.82) is 5.26 Å². The van der Waals surface area contributed by atoms with Crippen molar-refractivity contribution in [2.75, 3.05) is 31.0 Å². The first-order valence-electron chi connectivity index (χ1n) is 10.1. The number of hydrogen-bond donors (Lipinski definition) is 3. The standard InChI is InChI=1S/C23H23N5O5/c1-32-12-11-28-21(26-19(29)15-33-18-10-6-5-9-17(18)13-24)20(22(30)27-23(28)31)25-14-16-7-3-2-4-8-16/h2-10,25H,11-12,14-15H2,1H3,(H,26,29)(H,27,30,31). The molecule has 0 aliphatic rings. The van der Waals surface area contributed by atoms with Gasteiger partial charge in [0.1, 0.15) is 23.3 Å². The number of benzene rings is 2. The lowest BCUT2D eigenvalue weighted by atomic mass is 10.2. The summed E-state index contributed by atoms with van der Waals surface area (Å²) in [6.07, 6.45) is 0. The van der Waals surface area contributed by atoms with Gasteiger partial charge in [-0.25, -0.2) is 4.79 Å². The second-order valence-electron chi connectivity index (χ2n) is 6.91. The molecule has 10 nitrogen and oxygen atoms in total. The maximum atomic E-state index is 12.7. The summed E-state index contributed by atoms with van der Waals surface area (Å²) in [5.74, 6) is -0.360. The van der Waals surface area contributed by atoms with E-state index in [0.717, 1.165) is 5.56 Å². The third-order valence-electron chi connectivity index (χ3n) is 4.65. The predicted octanol–water partition coefficient (Wildman–Crippen LogP) is 1.68. The van der Waals surface area contributed by atoms with Crippen LogP contribution in [0.5, 0.6) is 5.75 Å². The molecule has 0 bridgehead atoms. The van der Waals surface area contributed by atoms with Gasteiger partial charge in [0.2, 0.25) is 0 Å². The van der Waals surface area contributed by atoms with Crippen LogP contribution in [-0.4, -0.2) is 35.8 Å². The number of rotatable bonds is 10. The summed E-state index contributed by atoms with van der Waals surface area (Å²) in [4.78, 5) is 39.9. The first kappa shape index (κ1) is 23.3. The van der Waals surface area contributed by atoms with E-state index in [2.05, 4.69) is 15.6 Å². The molecule has 2 aromatic carbocycles. The number of H-pyrrole nitrogens is 1. The van der Waals surface area contributed by atoms with Crippen molar-refractivity contribution < 1.29 is 14.3 Å². The zero-order chi connectivity index (χ0) is 23.6. The third-order valence-corrected chi connectivity index (χ3v) is 4.65. The number of nitriles is 1. The molecule has 170 valence electrons. The molecule has 0 aliphatic carbocycles. The highest BCUT2D eigenvalue weighted by molar-refractivity contribution is 5.93. The first-order chi connectivity index (χ1) is 16.0. The number of aromatic nitrogens is 2. The Balaban J connectivity index is 1.86. The van der Waals surface area contributed by atoms with Gasteiger partial charge in [0.05, 0.1) is 18.7 Å². The van der Waals surface area contributed by atoms with Crippen molar-refractivity contribution in [2.45, 2.75) is 13.1 Å². The van der Waals surface area contributed by atoms with Crippen LogP contribution in [0.4, 0.5) is 11.5 Å². The van der Waals surface area contributed by atoms with E-state index >= 15 is 0 Å². The maximum absolute atomic E-state index is 12.7. The number of methoxy groups -OCH3 is 1. The van der Waals surface area contributed by atoms with Crippen LogP contribution in [0.1, 0.15) is 11.1 Å². The van der Waals surface area contributed by atoms with Crippen molar-refractivity contribution in [3.63, 3.8) is 0 Å². The zero-order valence-corrected chi connectivity index (χ0v) is 18.0. The van der Waals surface area contributed by atoms with Crippen LogP contribution in [0.25, 0.3) is 0 Å². The van der Waals surface area contributed by atoms with Gasteiger partial charge in [-0.3, -0.25) is 19.1 Å². The second-order valence-corrected chi connectivity index (χ2v) is 6.91. The van der Waals surface area contributed by atoms with Crippen LogP contribution in [0.3, 0.4) is 0 Å². The topological polar surface area (TPSA) is 138 Å². The monoisotopic (exact) mass is 449 g/mol. The fourth-order valence-electron chi connectivity index (χ4n) is 3.04. The number of hydrogen-bond acceptors (Lipinski definition) is 7. The van der Waals surface area contributed by atoms with Gasteiger partial charge in [0.15, 0.2) is 6.61 Å². The quantitative estimate of drug-likeness (QED) is 0.428. The van der Waals surface area contributed by atoms with Gasteiger partial charge in [0.25, 0.3) is 11.5 Å². The summed E-state index contributed by atoms with van der Waals surface area (Å²) in [5, 5.41) is 14.7. The Morgan fingerprint density at radius 1 is 1.12 bits per heavy atom. The highest BCUT2D eigenvalue weighted by Gasteiger charge is 2.18. The molecule has 3 N–H and O–H groups in total. The molecule has 0 aliphatic heterocycles. The van der Waals surface area contributed by atoms with Crippen molar-refractivity contribution in [2.24, 2.45) is 0 Å². The number of nitrogens with zero attached hydrogens (tertiary/aromatic N) is 2. The van der Waals surface area contributed by atoms with E-state index in [9.17, 15) is 14.4 Å². The Hall–Kier alpha value is -4.36. The Morgan fingerprint density at radius 3 is 2.58 bits per heavy atom. The molecule has 0 unspecified atom stereocenters. The van der Waals surface area contributed by atoms with E-state index in [4.69, 9.17) is 14.7 Å². The van der Waals surface area contributed by atoms with E-state index in [1.807, 2.05) is 36.4 Å². The third kappa shape index (κ3) is 6.09. The molecule has 1 heterocycles. The van der Waals surface area contributed by atoms with Gasteiger partial charge in [-0.1, -0.05) is 42.5 Å². The molecule has 0 saturated carbocycles. The Bertz CT molecular complexity index is 1260. The molecule has 3 rings (SSSR count). The molecule has 0 fully saturated rings. The number of aromatic amines is 1. The fourth-order valence-corrected chi connectivity index (χ4v) is 3.04. The van der Waals surface area contributed by atoms with Crippen LogP contribution in [0.15, 0.2) is 64.2 Å². The van der Waals surface area contributed by atoms with Crippen molar-refractivity contribution in [3.05, 3.63) is 86.6 Å². The lowest BCUT2D eigenvalue weighted by molar-refractivity contribution is -0.118. The zero-order valence-electron chi connectivity index (χ0n) is 18.0. The minimum atomic E-state index is -0.687. The summed E-state index contributed by atoms with van der Waals surface area (Å²) in [6, 6.07) is 17.8. The molecular formula is C23H23N5O5. The van der Waals surface area contributed by atoms with Gasteiger partial charge in [-0.05, 0) is 17.7 Å². The highest BCUT2D eigenvalue weighted by Crippen LogP contribution is 2.18. The van der Waals surface area contributed by atoms with Crippen LogP contribution in [0.2, 0.25) is 0 Å². The Labute approximate surface area is 189 Å². The molecule has 1 aromatic heterocycles. The van der Waals surface area contributed by atoms with Crippen LogP contribution in [-0.2, 0) is 22.6 Å². The number of carbonyl (C=O) groups is 1. The minimum absolute atomic E-state index is 0.00102. The van der Waals surface area contributed by atoms with Crippen molar-refractivity contribution in [1.82, 2.24) is 9.55 Å². The van der Waals surface area contributed by atoms with Crippen LogP contribution < -0.4 is 26.6 Å². The predicted molar refractivity (Wildman–Crippen MR) is 122 cm³/mol. The second kappa shape index (κ2) is 11.3. The van der Waals surface area contributed by atoms with Gasteiger partial charge in [0, 0.05) is 13.7 Å². The van der Waals surface area contributed by atoms with E-state index < -0.39 is 23.8 Å². The summed E-state index contributed by atoms with van der Waals surface area (Å²) < 4.78 is 11.7. The summed E-state index contributed by atoms with van der Waals surface area (Å²) in [5.41, 5.74) is -0.145. The molecule has 0 radical (unpaired) electrons. The lowest BCUT2D eigenvalue weighted by Gasteiger charge is -2.18. The highest BCUT2D eigenvalue weighted by atomic mass is 16.5. The molecule has 1 amide bonds. The summed E-state index contributed by atoms with van der Waals surface area (Å²) in [7, 11) is 1.48. The Kier molecular flexibility index (Phi) is 7.99. The first-order valence-corrected chi connectivity index (χ1v) is 10.1. The summed E-state index contributed by atoms with van der Waals surface area (Å²) >= 11 is 0. The van der Waals surface area contributed by atoms with Gasteiger partial charge in [-0.15, -0.1) is 0 Å². The number of para-hydroxylation sites is 1. The van der Waals surface area contributed by atoms with E-state index in [1.165, 1.54) is 11.7 Å². The molecule has 3 aromatic rings. The largest absolute Gasteiger partial charge is 0.482 e. The molecule has 33 heavy (non-hydrogen) atoms.